The molecule has 0 aliphatic heterocycles. The predicted octanol–water partition coefficient (Wildman–Crippen LogP) is 2.24. The molecule has 0 amide bonds. The van der Waals surface area contributed by atoms with Gasteiger partial charge in [-0.3, -0.25) is 4.79 Å². The van der Waals surface area contributed by atoms with E-state index in [0.717, 1.165) is 17.9 Å². The normalized spacial score (nSPS) is 16.7. The van der Waals surface area contributed by atoms with E-state index in [4.69, 9.17) is 0 Å². The van der Waals surface area contributed by atoms with Crippen molar-refractivity contribution in [2.24, 2.45) is 5.92 Å². The molecule has 3 heteroatoms. The number of rotatable bonds is 3. The van der Waals surface area contributed by atoms with E-state index in [1.54, 1.807) is 6.07 Å². The zero-order chi connectivity index (χ0) is 10.8. The number of H-pyrrole nitrogens is 1. The Morgan fingerprint density at radius 3 is 2.80 bits per heavy atom. The Bertz CT molecular complexity index is 391. The van der Waals surface area contributed by atoms with Gasteiger partial charge >= 0.3 is 0 Å². The number of nitrogens with one attached hydrogen (secondary N) is 1. The van der Waals surface area contributed by atoms with E-state index < -0.39 is 0 Å². The number of nitrogens with zero attached hydrogens (tertiary/aromatic N) is 1. The van der Waals surface area contributed by atoms with Crippen molar-refractivity contribution < 1.29 is 0 Å². The van der Waals surface area contributed by atoms with E-state index in [1.807, 2.05) is 0 Å². The first-order valence-electron chi connectivity index (χ1n) is 5.75. The fourth-order valence-corrected chi connectivity index (χ4v) is 1.93. The van der Waals surface area contributed by atoms with E-state index in [1.165, 1.54) is 19.3 Å². The first kappa shape index (κ1) is 10.4. The fraction of sp³-hybridized carbons (Fsp3) is 0.667. The van der Waals surface area contributed by atoms with Crippen LogP contribution in [-0.4, -0.2) is 9.97 Å². The lowest BCUT2D eigenvalue weighted by Gasteiger charge is -2.24. The maximum atomic E-state index is 11.4. The third-order valence-electron chi connectivity index (χ3n) is 2.92. The van der Waals surface area contributed by atoms with Crippen molar-refractivity contribution in [1.82, 2.24) is 9.97 Å². The SMILES string of the molecule is CC(C)Cc1cc(=O)[nH]c(C2CCC2)n1. The molecule has 0 bridgehead atoms. The Morgan fingerprint density at radius 1 is 1.53 bits per heavy atom. The zero-order valence-corrected chi connectivity index (χ0v) is 9.42. The summed E-state index contributed by atoms with van der Waals surface area (Å²) in [5, 5.41) is 0. The van der Waals surface area contributed by atoms with Gasteiger partial charge in [0.25, 0.3) is 5.56 Å². The zero-order valence-electron chi connectivity index (χ0n) is 9.42. The summed E-state index contributed by atoms with van der Waals surface area (Å²) in [7, 11) is 0. The van der Waals surface area contributed by atoms with Crippen LogP contribution in [0.1, 0.15) is 50.5 Å². The van der Waals surface area contributed by atoms with Crippen molar-refractivity contribution in [3.8, 4) is 0 Å². The molecular formula is C12H18N2O. The summed E-state index contributed by atoms with van der Waals surface area (Å²) in [5.74, 6) is 1.96. The van der Waals surface area contributed by atoms with Crippen LogP contribution in [0.3, 0.4) is 0 Å². The predicted molar refractivity (Wildman–Crippen MR) is 60.0 cm³/mol. The van der Waals surface area contributed by atoms with E-state index in [-0.39, 0.29) is 5.56 Å². The van der Waals surface area contributed by atoms with Gasteiger partial charge in [-0.2, -0.15) is 0 Å². The Labute approximate surface area is 89.9 Å². The number of hydrogen-bond acceptors (Lipinski definition) is 2. The minimum atomic E-state index is 0.00236. The number of aromatic amines is 1. The minimum absolute atomic E-state index is 0.00236. The third kappa shape index (κ3) is 2.46. The Hall–Kier alpha value is -1.12. The lowest BCUT2D eigenvalue weighted by Crippen LogP contribution is -2.20. The van der Waals surface area contributed by atoms with E-state index >= 15 is 0 Å². The average Bonchev–Trinajstić information content (AvgIpc) is 1.96. The third-order valence-corrected chi connectivity index (χ3v) is 2.92. The largest absolute Gasteiger partial charge is 0.310 e. The molecule has 1 aliphatic rings. The molecule has 15 heavy (non-hydrogen) atoms. The van der Waals surface area contributed by atoms with Gasteiger partial charge in [0.05, 0.1) is 0 Å². The van der Waals surface area contributed by atoms with Crippen LogP contribution in [0.4, 0.5) is 0 Å². The summed E-state index contributed by atoms with van der Waals surface area (Å²) >= 11 is 0. The van der Waals surface area contributed by atoms with Gasteiger partial charge in [-0.1, -0.05) is 20.3 Å². The van der Waals surface area contributed by atoms with Crippen LogP contribution in [0.5, 0.6) is 0 Å². The van der Waals surface area contributed by atoms with Gasteiger partial charge in [-0.15, -0.1) is 0 Å². The molecule has 1 N–H and O–H groups in total. The highest BCUT2D eigenvalue weighted by molar-refractivity contribution is 5.08. The van der Waals surface area contributed by atoms with Gasteiger partial charge < -0.3 is 4.98 Å². The van der Waals surface area contributed by atoms with Crippen LogP contribution in [0.25, 0.3) is 0 Å². The summed E-state index contributed by atoms with van der Waals surface area (Å²) in [6.45, 7) is 4.29. The molecule has 0 saturated heterocycles. The maximum Gasteiger partial charge on any atom is 0.251 e. The van der Waals surface area contributed by atoms with Crippen molar-refractivity contribution in [3.05, 3.63) is 27.9 Å². The molecular weight excluding hydrogens is 188 g/mol. The highest BCUT2D eigenvalue weighted by Gasteiger charge is 2.22. The summed E-state index contributed by atoms with van der Waals surface area (Å²) in [4.78, 5) is 18.8. The Kier molecular flexibility index (Phi) is 2.89. The molecule has 1 fully saturated rings. The van der Waals surface area contributed by atoms with Gasteiger partial charge in [0.1, 0.15) is 5.82 Å². The minimum Gasteiger partial charge on any atom is -0.310 e. The smallest absolute Gasteiger partial charge is 0.251 e. The highest BCUT2D eigenvalue weighted by atomic mass is 16.1. The first-order valence-corrected chi connectivity index (χ1v) is 5.75. The standard InChI is InChI=1S/C12H18N2O/c1-8(2)6-10-7-11(15)14-12(13-10)9-4-3-5-9/h7-9H,3-6H2,1-2H3,(H,13,14,15). The molecule has 1 heterocycles. The summed E-state index contributed by atoms with van der Waals surface area (Å²) in [5.41, 5.74) is 0.943. The maximum absolute atomic E-state index is 11.4. The van der Waals surface area contributed by atoms with Crippen LogP contribution in [0.15, 0.2) is 10.9 Å². The second-order valence-corrected chi connectivity index (χ2v) is 4.85. The van der Waals surface area contributed by atoms with E-state index in [0.29, 0.717) is 11.8 Å². The summed E-state index contributed by atoms with van der Waals surface area (Å²) in [6, 6.07) is 1.63. The van der Waals surface area contributed by atoms with Crippen LogP contribution >= 0.6 is 0 Å². The molecule has 0 radical (unpaired) electrons. The molecule has 0 unspecified atom stereocenters. The molecule has 2 rings (SSSR count). The quantitative estimate of drug-likeness (QED) is 0.824. The van der Waals surface area contributed by atoms with E-state index in [9.17, 15) is 4.79 Å². The monoisotopic (exact) mass is 206 g/mol. The van der Waals surface area contributed by atoms with Gasteiger partial charge in [0, 0.05) is 17.7 Å². The second kappa shape index (κ2) is 4.17. The van der Waals surface area contributed by atoms with Gasteiger partial charge in [0.2, 0.25) is 0 Å². The number of aromatic nitrogens is 2. The van der Waals surface area contributed by atoms with E-state index in [2.05, 4.69) is 23.8 Å². The molecule has 1 aromatic heterocycles. The molecule has 1 aliphatic carbocycles. The number of hydrogen-bond donors (Lipinski definition) is 1. The Morgan fingerprint density at radius 2 is 2.27 bits per heavy atom. The molecule has 3 nitrogen and oxygen atoms in total. The van der Waals surface area contributed by atoms with Crippen molar-refractivity contribution >= 4 is 0 Å². The van der Waals surface area contributed by atoms with Crippen molar-refractivity contribution in [1.29, 1.82) is 0 Å². The van der Waals surface area contributed by atoms with Gasteiger partial charge in [0.15, 0.2) is 0 Å². The molecule has 0 atom stereocenters. The topological polar surface area (TPSA) is 45.8 Å². The van der Waals surface area contributed by atoms with Gasteiger partial charge in [-0.05, 0) is 25.2 Å². The average molecular weight is 206 g/mol. The highest BCUT2D eigenvalue weighted by Crippen LogP contribution is 2.33. The van der Waals surface area contributed by atoms with Gasteiger partial charge in [-0.25, -0.2) is 4.98 Å². The molecule has 0 spiro atoms. The summed E-state index contributed by atoms with van der Waals surface area (Å²) < 4.78 is 0. The lowest BCUT2D eigenvalue weighted by molar-refractivity contribution is 0.398. The van der Waals surface area contributed by atoms with Crippen molar-refractivity contribution in [2.75, 3.05) is 0 Å². The van der Waals surface area contributed by atoms with Crippen LogP contribution in [-0.2, 0) is 6.42 Å². The van der Waals surface area contributed by atoms with Crippen molar-refractivity contribution in [2.45, 2.75) is 45.4 Å². The molecule has 1 aromatic rings. The second-order valence-electron chi connectivity index (χ2n) is 4.85. The molecule has 0 aromatic carbocycles. The Balaban J connectivity index is 2.23. The molecule has 82 valence electrons. The first-order chi connectivity index (χ1) is 7.15. The van der Waals surface area contributed by atoms with Crippen LogP contribution < -0.4 is 5.56 Å². The van der Waals surface area contributed by atoms with Crippen LogP contribution in [0, 0.1) is 5.92 Å². The molecule has 1 saturated carbocycles. The fourth-order valence-electron chi connectivity index (χ4n) is 1.93. The lowest BCUT2D eigenvalue weighted by atomic mass is 9.85. The summed E-state index contributed by atoms with van der Waals surface area (Å²) in [6.07, 6.45) is 4.51. The van der Waals surface area contributed by atoms with Crippen molar-refractivity contribution in [3.63, 3.8) is 0 Å². The van der Waals surface area contributed by atoms with Crippen LogP contribution in [0.2, 0.25) is 0 Å².